The number of rotatable bonds is 7. The molecule has 0 saturated carbocycles. The van der Waals surface area contributed by atoms with Crippen molar-refractivity contribution in [3.8, 4) is 23.3 Å². The van der Waals surface area contributed by atoms with Gasteiger partial charge in [-0.1, -0.05) is 35.4 Å². The first-order valence-electron chi connectivity index (χ1n) is 9.05. The highest BCUT2D eigenvalue weighted by Gasteiger charge is 2.21. The van der Waals surface area contributed by atoms with Crippen molar-refractivity contribution in [3.05, 3.63) is 65.7 Å². The number of thiazole rings is 1. The molecule has 2 heterocycles. The van der Waals surface area contributed by atoms with Gasteiger partial charge >= 0.3 is 6.08 Å². The van der Waals surface area contributed by atoms with Crippen molar-refractivity contribution < 1.29 is 18.7 Å². The predicted octanol–water partition coefficient (Wildman–Crippen LogP) is 4.47. The lowest BCUT2D eigenvalue weighted by Crippen LogP contribution is -2.23. The van der Waals surface area contributed by atoms with E-state index in [9.17, 15) is 4.79 Å². The van der Waals surface area contributed by atoms with E-state index >= 15 is 0 Å². The smallest absolute Gasteiger partial charge is 0.415 e. The normalized spacial score (nSPS) is 10.6. The highest BCUT2D eigenvalue weighted by molar-refractivity contribution is 7.14. The maximum Gasteiger partial charge on any atom is 0.415 e. The van der Waals surface area contributed by atoms with Gasteiger partial charge in [-0.15, -0.1) is 16.4 Å². The minimum atomic E-state index is -0.175. The van der Waals surface area contributed by atoms with Crippen LogP contribution in [0.25, 0.3) is 11.5 Å². The molecule has 1 amide bonds. The monoisotopic (exact) mass is 422 g/mol. The third-order valence-electron chi connectivity index (χ3n) is 4.14. The summed E-state index contributed by atoms with van der Waals surface area (Å²) in [6.07, 6.45) is 0.0524. The minimum absolute atomic E-state index is 0.0524. The van der Waals surface area contributed by atoms with Crippen molar-refractivity contribution in [2.24, 2.45) is 0 Å². The lowest BCUT2D eigenvalue weighted by molar-refractivity contribution is -0.115. The summed E-state index contributed by atoms with van der Waals surface area (Å²) in [6, 6.07) is 16.7. The van der Waals surface area contributed by atoms with Gasteiger partial charge in [-0.25, -0.2) is 4.98 Å². The standard InChI is InChI=1S/C21H18N4O4S/c1-14(26)25(17-10-6-7-11-18(17)27-2)20-22-16(13-30-20)12-28-21-24-23-19(29-21)15-8-4-3-5-9-15/h3-11,13H,12H2,1-2H3. The third kappa shape index (κ3) is 4.15. The van der Waals surface area contributed by atoms with Crippen LogP contribution in [0.2, 0.25) is 0 Å². The summed E-state index contributed by atoms with van der Waals surface area (Å²) in [5.41, 5.74) is 2.07. The number of methoxy groups -OCH3 is 1. The molecule has 4 rings (SSSR count). The van der Waals surface area contributed by atoms with Gasteiger partial charge in [0, 0.05) is 17.9 Å². The number of hydrogen-bond acceptors (Lipinski definition) is 8. The molecule has 0 aliphatic carbocycles. The molecule has 0 aliphatic rings. The minimum Gasteiger partial charge on any atom is -0.495 e. The van der Waals surface area contributed by atoms with Gasteiger partial charge in [-0.05, 0) is 24.3 Å². The van der Waals surface area contributed by atoms with Gasteiger partial charge in [0.25, 0.3) is 5.89 Å². The first kappa shape index (κ1) is 19.6. The maximum atomic E-state index is 12.3. The molecule has 2 aromatic carbocycles. The Labute approximate surface area is 176 Å². The van der Waals surface area contributed by atoms with Gasteiger partial charge in [0.1, 0.15) is 12.4 Å². The first-order valence-corrected chi connectivity index (χ1v) is 9.93. The molecule has 0 bridgehead atoms. The fraction of sp³-hybridized carbons (Fsp3) is 0.143. The van der Waals surface area contributed by atoms with E-state index in [0.717, 1.165) is 5.56 Å². The zero-order valence-corrected chi connectivity index (χ0v) is 17.1. The summed E-state index contributed by atoms with van der Waals surface area (Å²) in [5.74, 6) is 0.786. The SMILES string of the molecule is COc1ccccc1N(C(C)=O)c1nc(COc2nnc(-c3ccccc3)o2)cs1. The zero-order chi connectivity index (χ0) is 20.9. The Bertz CT molecular complexity index is 1140. The van der Waals surface area contributed by atoms with Crippen LogP contribution in [0.3, 0.4) is 0 Å². The molecule has 9 heteroatoms. The van der Waals surface area contributed by atoms with Gasteiger partial charge in [-0.3, -0.25) is 9.69 Å². The summed E-state index contributed by atoms with van der Waals surface area (Å²) in [4.78, 5) is 18.3. The van der Waals surface area contributed by atoms with Crippen molar-refractivity contribution in [2.75, 3.05) is 12.0 Å². The number of amides is 1. The number of carbonyl (C=O) groups excluding carboxylic acids is 1. The summed E-state index contributed by atoms with van der Waals surface area (Å²) in [7, 11) is 1.56. The van der Waals surface area contributed by atoms with E-state index in [-0.39, 0.29) is 18.6 Å². The molecule has 30 heavy (non-hydrogen) atoms. The number of benzene rings is 2. The number of ether oxygens (including phenoxy) is 2. The van der Waals surface area contributed by atoms with Crippen LogP contribution >= 0.6 is 11.3 Å². The quantitative estimate of drug-likeness (QED) is 0.434. The van der Waals surface area contributed by atoms with Crippen LogP contribution in [0.1, 0.15) is 12.6 Å². The van der Waals surface area contributed by atoms with Crippen LogP contribution in [0.15, 0.2) is 64.4 Å². The van der Waals surface area contributed by atoms with Crippen molar-refractivity contribution in [3.63, 3.8) is 0 Å². The predicted molar refractivity (Wildman–Crippen MR) is 112 cm³/mol. The van der Waals surface area contributed by atoms with E-state index in [1.165, 1.54) is 23.2 Å². The van der Waals surface area contributed by atoms with Gasteiger partial charge in [-0.2, -0.15) is 0 Å². The number of anilines is 2. The van der Waals surface area contributed by atoms with E-state index in [1.54, 1.807) is 19.2 Å². The van der Waals surface area contributed by atoms with E-state index in [2.05, 4.69) is 15.2 Å². The van der Waals surface area contributed by atoms with Crippen LogP contribution in [-0.2, 0) is 11.4 Å². The second-order valence-corrected chi connectivity index (χ2v) is 7.01. The summed E-state index contributed by atoms with van der Waals surface area (Å²) in [5, 5.41) is 10.2. The second-order valence-electron chi connectivity index (χ2n) is 6.18. The first-order chi connectivity index (χ1) is 14.7. The summed E-state index contributed by atoms with van der Waals surface area (Å²) >= 11 is 1.33. The highest BCUT2D eigenvalue weighted by Crippen LogP contribution is 2.35. The van der Waals surface area contributed by atoms with E-state index < -0.39 is 0 Å². The van der Waals surface area contributed by atoms with Crippen molar-refractivity contribution in [1.82, 2.24) is 15.2 Å². The molecule has 0 unspecified atom stereocenters. The van der Waals surface area contributed by atoms with E-state index in [0.29, 0.717) is 28.2 Å². The summed E-state index contributed by atoms with van der Waals surface area (Å²) in [6.45, 7) is 1.61. The number of aromatic nitrogens is 3. The molecule has 0 N–H and O–H groups in total. The Balaban J connectivity index is 1.48. The molecule has 0 atom stereocenters. The molecule has 0 radical (unpaired) electrons. The molecule has 0 saturated heterocycles. The molecule has 0 spiro atoms. The third-order valence-corrected chi connectivity index (χ3v) is 5.02. The molecule has 152 valence electrons. The van der Waals surface area contributed by atoms with Gasteiger partial charge < -0.3 is 13.9 Å². The van der Waals surface area contributed by atoms with Crippen LogP contribution in [0.4, 0.5) is 10.8 Å². The van der Waals surface area contributed by atoms with Gasteiger partial charge in [0.05, 0.1) is 18.5 Å². The Hall–Kier alpha value is -3.72. The lowest BCUT2D eigenvalue weighted by atomic mass is 10.2. The average Bonchev–Trinajstić information content (AvgIpc) is 3.43. The Morgan fingerprint density at radius 1 is 1.10 bits per heavy atom. The topological polar surface area (TPSA) is 90.6 Å². The average molecular weight is 422 g/mol. The second kappa shape index (κ2) is 8.75. The Kier molecular flexibility index (Phi) is 5.71. The van der Waals surface area contributed by atoms with E-state index in [1.807, 2.05) is 47.8 Å². The molecule has 2 aromatic heterocycles. The number of para-hydroxylation sites is 2. The Morgan fingerprint density at radius 2 is 1.87 bits per heavy atom. The molecule has 8 nitrogen and oxygen atoms in total. The van der Waals surface area contributed by atoms with Crippen LogP contribution in [0, 0.1) is 0 Å². The molecular formula is C21H18N4O4S. The lowest BCUT2D eigenvalue weighted by Gasteiger charge is -2.20. The van der Waals surface area contributed by atoms with Crippen molar-refractivity contribution >= 4 is 28.1 Å². The van der Waals surface area contributed by atoms with Gasteiger partial charge in [0.2, 0.25) is 5.91 Å². The number of hydrogen-bond donors (Lipinski definition) is 0. The summed E-state index contributed by atoms with van der Waals surface area (Å²) < 4.78 is 16.5. The van der Waals surface area contributed by atoms with Crippen LogP contribution in [0.5, 0.6) is 11.8 Å². The molecule has 0 aliphatic heterocycles. The maximum absolute atomic E-state index is 12.3. The largest absolute Gasteiger partial charge is 0.495 e. The van der Waals surface area contributed by atoms with Crippen LogP contribution < -0.4 is 14.4 Å². The molecule has 0 fully saturated rings. The Morgan fingerprint density at radius 3 is 2.63 bits per heavy atom. The van der Waals surface area contributed by atoms with Crippen molar-refractivity contribution in [2.45, 2.75) is 13.5 Å². The number of carbonyl (C=O) groups is 1. The number of nitrogens with zero attached hydrogens (tertiary/aromatic N) is 4. The van der Waals surface area contributed by atoms with Crippen molar-refractivity contribution in [1.29, 1.82) is 0 Å². The zero-order valence-electron chi connectivity index (χ0n) is 16.3. The molecule has 4 aromatic rings. The molecular weight excluding hydrogens is 404 g/mol. The van der Waals surface area contributed by atoms with E-state index in [4.69, 9.17) is 13.9 Å². The fourth-order valence-electron chi connectivity index (χ4n) is 2.79. The highest BCUT2D eigenvalue weighted by atomic mass is 32.1. The van der Waals surface area contributed by atoms with Crippen LogP contribution in [-0.4, -0.2) is 28.2 Å². The fourth-order valence-corrected chi connectivity index (χ4v) is 3.65. The van der Waals surface area contributed by atoms with Gasteiger partial charge in [0.15, 0.2) is 5.13 Å².